The van der Waals surface area contributed by atoms with E-state index in [1.807, 2.05) is 36.1 Å². The van der Waals surface area contributed by atoms with Crippen LogP contribution in [0, 0.1) is 6.92 Å². The smallest absolute Gasteiger partial charge is 0.317 e. The summed E-state index contributed by atoms with van der Waals surface area (Å²) in [7, 11) is 0. The van der Waals surface area contributed by atoms with E-state index in [0.717, 1.165) is 43.7 Å². The highest BCUT2D eigenvalue weighted by molar-refractivity contribution is 5.74. The number of urea groups is 1. The van der Waals surface area contributed by atoms with Crippen LogP contribution < -0.4 is 10.1 Å². The van der Waals surface area contributed by atoms with Gasteiger partial charge in [-0.25, -0.2) is 4.79 Å². The number of para-hydroxylation sites is 1. The summed E-state index contributed by atoms with van der Waals surface area (Å²) in [6.45, 7) is 5.12. The molecule has 0 bridgehead atoms. The molecular formula is C15H22N2O2. The first-order chi connectivity index (χ1) is 9.27. The molecular weight excluding hydrogens is 240 g/mol. The van der Waals surface area contributed by atoms with Gasteiger partial charge in [-0.1, -0.05) is 18.2 Å². The summed E-state index contributed by atoms with van der Waals surface area (Å²) >= 11 is 0. The first kappa shape index (κ1) is 13.7. The van der Waals surface area contributed by atoms with Crippen molar-refractivity contribution >= 4 is 6.03 Å². The zero-order valence-electron chi connectivity index (χ0n) is 11.5. The Balaban J connectivity index is 1.59. The molecule has 4 nitrogen and oxygen atoms in total. The quantitative estimate of drug-likeness (QED) is 0.829. The van der Waals surface area contributed by atoms with E-state index < -0.39 is 0 Å². The zero-order chi connectivity index (χ0) is 13.5. The van der Waals surface area contributed by atoms with Gasteiger partial charge in [-0.15, -0.1) is 0 Å². The first-order valence-electron chi connectivity index (χ1n) is 6.98. The molecule has 0 saturated carbocycles. The van der Waals surface area contributed by atoms with Crippen LogP contribution in [-0.4, -0.2) is 37.2 Å². The van der Waals surface area contributed by atoms with Gasteiger partial charge < -0.3 is 15.0 Å². The number of ether oxygens (including phenoxy) is 1. The lowest BCUT2D eigenvalue weighted by Crippen LogP contribution is -2.38. The third-order valence-electron chi connectivity index (χ3n) is 3.34. The highest BCUT2D eigenvalue weighted by Gasteiger charge is 2.16. The molecule has 0 aliphatic carbocycles. The second kappa shape index (κ2) is 7.02. The second-order valence-electron chi connectivity index (χ2n) is 4.89. The molecule has 1 aliphatic rings. The molecule has 1 aromatic carbocycles. The Labute approximate surface area is 114 Å². The number of nitrogens with one attached hydrogen (secondary N) is 1. The number of carbonyl (C=O) groups excluding carboxylic acids is 1. The van der Waals surface area contributed by atoms with Crippen LogP contribution in [0.5, 0.6) is 5.75 Å². The molecule has 0 aromatic heterocycles. The number of carbonyl (C=O) groups is 1. The van der Waals surface area contributed by atoms with Crippen LogP contribution in [-0.2, 0) is 0 Å². The van der Waals surface area contributed by atoms with Gasteiger partial charge in [0.2, 0.25) is 0 Å². The highest BCUT2D eigenvalue weighted by atomic mass is 16.5. The fraction of sp³-hybridized carbons (Fsp3) is 0.533. The summed E-state index contributed by atoms with van der Waals surface area (Å²) in [6.07, 6.45) is 3.08. The van der Waals surface area contributed by atoms with Crippen molar-refractivity contribution in [3.8, 4) is 5.75 Å². The molecule has 0 spiro atoms. The van der Waals surface area contributed by atoms with Gasteiger partial charge in [0.1, 0.15) is 5.75 Å². The SMILES string of the molecule is Cc1ccccc1OCCCNC(=O)N1CCCC1. The van der Waals surface area contributed by atoms with Crippen molar-refractivity contribution in [1.82, 2.24) is 10.2 Å². The van der Waals surface area contributed by atoms with Crippen molar-refractivity contribution in [3.63, 3.8) is 0 Å². The summed E-state index contributed by atoms with van der Waals surface area (Å²) < 4.78 is 5.68. The molecule has 19 heavy (non-hydrogen) atoms. The van der Waals surface area contributed by atoms with Crippen LogP contribution in [0.3, 0.4) is 0 Å². The van der Waals surface area contributed by atoms with Crippen LogP contribution in [0.15, 0.2) is 24.3 Å². The highest BCUT2D eigenvalue weighted by Crippen LogP contribution is 2.16. The van der Waals surface area contributed by atoms with E-state index in [2.05, 4.69) is 5.32 Å². The van der Waals surface area contributed by atoms with Gasteiger partial charge in [0.15, 0.2) is 0 Å². The number of likely N-dealkylation sites (tertiary alicyclic amines) is 1. The zero-order valence-corrected chi connectivity index (χ0v) is 11.5. The van der Waals surface area contributed by atoms with Gasteiger partial charge in [0.25, 0.3) is 0 Å². The van der Waals surface area contributed by atoms with Crippen LogP contribution in [0.4, 0.5) is 4.79 Å². The van der Waals surface area contributed by atoms with Gasteiger partial charge in [-0.3, -0.25) is 0 Å². The molecule has 1 aromatic rings. The normalized spacial score (nSPS) is 14.5. The van der Waals surface area contributed by atoms with Crippen molar-refractivity contribution in [3.05, 3.63) is 29.8 Å². The molecule has 1 saturated heterocycles. The van der Waals surface area contributed by atoms with E-state index in [9.17, 15) is 4.79 Å². The number of hydrogen-bond donors (Lipinski definition) is 1. The lowest BCUT2D eigenvalue weighted by atomic mass is 10.2. The van der Waals surface area contributed by atoms with E-state index >= 15 is 0 Å². The number of benzene rings is 1. The number of amides is 2. The maximum atomic E-state index is 11.7. The van der Waals surface area contributed by atoms with Gasteiger partial charge in [0, 0.05) is 19.6 Å². The molecule has 1 N–H and O–H groups in total. The van der Waals surface area contributed by atoms with Crippen LogP contribution in [0.2, 0.25) is 0 Å². The fourth-order valence-corrected chi connectivity index (χ4v) is 2.20. The van der Waals surface area contributed by atoms with Gasteiger partial charge in [-0.05, 0) is 37.8 Å². The second-order valence-corrected chi connectivity index (χ2v) is 4.89. The number of hydrogen-bond acceptors (Lipinski definition) is 2. The number of aryl methyl sites for hydroxylation is 1. The van der Waals surface area contributed by atoms with Crippen molar-refractivity contribution in [2.75, 3.05) is 26.2 Å². The third kappa shape index (κ3) is 4.16. The van der Waals surface area contributed by atoms with Crippen molar-refractivity contribution in [2.24, 2.45) is 0 Å². The molecule has 0 unspecified atom stereocenters. The molecule has 4 heteroatoms. The number of nitrogens with zero attached hydrogens (tertiary/aromatic N) is 1. The van der Waals surface area contributed by atoms with E-state index in [1.165, 1.54) is 0 Å². The molecule has 2 amide bonds. The Bertz CT molecular complexity index is 414. The Kier molecular flexibility index (Phi) is 5.07. The maximum Gasteiger partial charge on any atom is 0.317 e. The average Bonchev–Trinajstić information content (AvgIpc) is 2.94. The van der Waals surface area contributed by atoms with Crippen molar-refractivity contribution in [1.29, 1.82) is 0 Å². The topological polar surface area (TPSA) is 41.6 Å². The van der Waals surface area contributed by atoms with Gasteiger partial charge in [0.05, 0.1) is 6.61 Å². The molecule has 2 rings (SSSR count). The van der Waals surface area contributed by atoms with Crippen LogP contribution >= 0.6 is 0 Å². The first-order valence-corrected chi connectivity index (χ1v) is 6.98. The predicted octanol–water partition coefficient (Wildman–Crippen LogP) is 2.57. The van der Waals surface area contributed by atoms with Gasteiger partial charge in [-0.2, -0.15) is 0 Å². The number of rotatable bonds is 5. The Morgan fingerprint density at radius 1 is 1.32 bits per heavy atom. The van der Waals surface area contributed by atoms with E-state index in [0.29, 0.717) is 13.2 Å². The van der Waals surface area contributed by atoms with E-state index in [-0.39, 0.29) is 6.03 Å². The molecule has 0 atom stereocenters. The summed E-state index contributed by atoms with van der Waals surface area (Å²) in [4.78, 5) is 13.6. The van der Waals surface area contributed by atoms with E-state index in [4.69, 9.17) is 4.74 Å². The summed E-state index contributed by atoms with van der Waals surface area (Å²) in [6, 6.07) is 8.03. The summed E-state index contributed by atoms with van der Waals surface area (Å²) in [5.74, 6) is 0.924. The third-order valence-corrected chi connectivity index (χ3v) is 3.34. The fourth-order valence-electron chi connectivity index (χ4n) is 2.20. The summed E-state index contributed by atoms with van der Waals surface area (Å²) in [5, 5.41) is 2.93. The minimum Gasteiger partial charge on any atom is -0.493 e. The monoisotopic (exact) mass is 262 g/mol. The Morgan fingerprint density at radius 2 is 2.05 bits per heavy atom. The largest absolute Gasteiger partial charge is 0.493 e. The van der Waals surface area contributed by atoms with Crippen molar-refractivity contribution in [2.45, 2.75) is 26.2 Å². The average molecular weight is 262 g/mol. The summed E-state index contributed by atoms with van der Waals surface area (Å²) in [5.41, 5.74) is 1.14. The van der Waals surface area contributed by atoms with Gasteiger partial charge >= 0.3 is 6.03 Å². The van der Waals surface area contributed by atoms with Crippen LogP contribution in [0.1, 0.15) is 24.8 Å². The lowest BCUT2D eigenvalue weighted by molar-refractivity contribution is 0.207. The van der Waals surface area contributed by atoms with E-state index in [1.54, 1.807) is 0 Å². The van der Waals surface area contributed by atoms with Crippen molar-refractivity contribution < 1.29 is 9.53 Å². The molecule has 1 aliphatic heterocycles. The maximum absolute atomic E-state index is 11.7. The standard InChI is InChI=1S/C15H22N2O2/c1-13-7-2-3-8-14(13)19-12-6-9-16-15(18)17-10-4-5-11-17/h2-3,7-8H,4-6,9-12H2,1H3,(H,16,18). The Morgan fingerprint density at radius 3 is 2.79 bits per heavy atom. The Hall–Kier alpha value is -1.71. The minimum absolute atomic E-state index is 0.0633. The molecule has 1 fully saturated rings. The van der Waals surface area contributed by atoms with Crippen LogP contribution in [0.25, 0.3) is 0 Å². The molecule has 104 valence electrons. The predicted molar refractivity (Wildman–Crippen MR) is 75.5 cm³/mol. The molecule has 0 radical (unpaired) electrons. The lowest BCUT2D eigenvalue weighted by Gasteiger charge is -2.16. The molecule has 1 heterocycles. The minimum atomic E-state index is 0.0633.